The highest BCUT2D eigenvalue weighted by Crippen LogP contribution is 1.89. The summed E-state index contributed by atoms with van der Waals surface area (Å²) in [5, 5.41) is 8.31. The molecule has 7 N–H and O–H groups in total. The Kier molecular flexibility index (Phi) is 4.28. The summed E-state index contributed by atoms with van der Waals surface area (Å²) in [5.41, 5.74) is 14.9. The Balaban J connectivity index is 3.75. The maximum absolute atomic E-state index is 10.1. The molecule has 0 aliphatic heterocycles. The van der Waals surface area contributed by atoms with Gasteiger partial charge in [-0.2, -0.15) is 0 Å². The number of rotatable bonds is 4. The van der Waals surface area contributed by atoms with Crippen molar-refractivity contribution in [1.82, 2.24) is 0 Å². The molecule has 6 heteroatoms. The van der Waals surface area contributed by atoms with Crippen LogP contribution in [0.4, 0.5) is 0 Å². The molecule has 0 aliphatic rings. The molecule has 0 saturated heterocycles. The van der Waals surface area contributed by atoms with Crippen molar-refractivity contribution < 1.29 is 9.90 Å². The van der Waals surface area contributed by atoms with E-state index < -0.39 is 5.97 Å². The fraction of sp³-hybridized carbons (Fsp3) is 0.333. The first kappa shape index (κ1) is 10.3. The molecule has 0 radical (unpaired) electrons. The molecular weight excluding hydrogens is 160 g/mol. The van der Waals surface area contributed by atoms with Gasteiger partial charge in [0, 0.05) is 6.54 Å². The van der Waals surface area contributed by atoms with Gasteiger partial charge in [-0.3, -0.25) is 4.99 Å². The number of hydrogen-bond acceptors (Lipinski definition) is 3. The molecule has 0 bridgehead atoms. The second kappa shape index (κ2) is 5.00. The van der Waals surface area contributed by atoms with Crippen LogP contribution in [0.25, 0.3) is 0 Å². The lowest BCUT2D eigenvalue weighted by Gasteiger charge is -1.92. The van der Waals surface area contributed by atoms with Crippen LogP contribution in [0.15, 0.2) is 16.8 Å². The lowest BCUT2D eigenvalue weighted by atomic mass is 10.3. The third-order valence-corrected chi connectivity index (χ3v) is 1.03. The van der Waals surface area contributed by atoms with Gasteiger partial charge in [0.1, 0.15) is 5.70 Å². The predicted octanol–water partition coefficient (Wildman–Crippen LogP) is -1.42. The van der Waals surface area contributed by atoms with Gasteiger partial charge in [0.25, 0.3) is 0 Å². The molecule has 12 heavy (non-hydrogen) atoms. The van der Waals surface area contributed by atoms with E-state index in [1.54, 1.807) is 0 Å². The topological polar surface area (TPSA) is 128 Å². The van der Waals surface area contributed by atoms with Gasteiger partial charge in [0.2, 0.25) is 0 Å². The zero-order valence-electron chi connectivity index (χ0n) is 6.53. The molecule has 0 saturated carbocycles. The van der Waals surface area contributed by atoms with Gasteiger partial charge in [-0.05, 0) is 6.42 Å². The first-order chi connectivity index (χ1) is 5.54. The molecule has 0 amide bonds. The van der Waals surface area contributed by atoms with Crippen LogP contribution in [0, 0.1) is 0 Å². The van der Waals surface area contributed by atoms with Crippen LogP contribution in [0.3, 0.4) is 0 Å². The minimum atomic E-state index is -1.14. The van der Waals surface area contributed by atoms with E-state index in [2.05, 4.69) is 4.99 Å². The number of hydrogen-bond donors (Lipinski definition) is 4. The summed E-state index contributed by atoms with van der Waals surface area (Å²) in [7, 11) is 0. The number of carboxylic acid groups (broad SMARTS) is 1. The van der Waals surface area contributed by atoms with Crippen LogP contribution in [-0.4, -0.2) is 23.6 Å². The maximum Gasteiger partial charge on any atom is 0.351 e. The second-order valence-corrected chi connectivity index (χ2v) is 2.06. The van der Waals surface area contributed by atoms with Crippen LogP contribution in [-0.2, 0) is 4.79 Å². The summed E-state index contributed by atoms with van der Waals surface area (Å²) in [6.07, 6.45) is 1.77. The van der Waals surface area contributed by atoms with Crippen molar-refractivity contribution in [2.75, 3.05) is 6.54 Å². The van der Waals surface area contributed by atoms with Crippen LogP contribution >= 0.6 is 0 Å². The second-order valence-electron chi connectivity index (χ2n) is 2.06. The lowest BCUT2D eigenvalue weighted by molar-refractivity contribution is -0.132. The Bertz CT molecular complexity index is 218. The van der Waals surface area contributed by atoms with Gasteiger partial charge in [-0.15, -0.1) is 0 Å². The first-order valence-electron chi connectivity index (χ1n) is 3.28. The van der Waals surface area contributed by atoms with E-state index in [1.807, 2.05) is 0 Å². The Morgan fingerprint density at radius 1 is 1.42 bits per heavy atom. The number of carboxylic acids is 1. The Morgan fingerprint density at radius 2 is 2.00 bits per heavy atom. The summed E-state index contributed by atoms with van der Waals surface area (Å²) in [5.74, 6) is -1.16. The van der Waals surface area contributed by atoms with Gasteiger partial charge in [-0.1, -0.05) is 6.08 Å². The number of aliphatic imine (C=N–C) groups is 1. The molecule has 0 aliphatic carbocycles. The molecule has 0 heterocycles. The lowest BCUT2D eigenvalue weighted by Crippen LogP contribution is -2.22. The average molecular weight is 172 g/mol. The van der Waals surface area contributed by atoms with E-state index >= 15 is 0 Å². The standard InChI is InChI=1S/C6H12N4O2/c7-4(5(11)12)2-1-3-10-6(8)9/h2H,1,3,7H2,(H,11,12)(H4,8,9,10)/b4-2-. The molecule has 68 valence electrons. The SMILES string of the molecule is NC(N)=NCC/C=C(\N)C(=O)O. The van der Waals surface area contributed by atoms with Gasteiger partial charge < -0.3 is 22.3 Å². The smallest absolute Gasteiger partial charge is 0.351 e. The summed E-state index contributed by atoms with van der Waals surface area (Å²) in [4.78, 5) is 13.8. The van der Waals surface area contributed by atoms with Crippen molar-refractivity contribution in [2.45, 2.75) is 6.42 Å². The summed E-state index contributed by atoms with van der Waals surface area (Å²) in [6.45, 7) is 0.344. The van der Waals surface area contributed by atoms with Crippen LogP contribution in [0.2, 0.25) is 0 Å². The van der Waals surface area contributed by atoms with E-state index in [4.69, 9.17) is 22.3 Å². The van der Waals surface area contributed by atoms with E-state index in [1.165, 1.54) is 6.08 Å². The molecular formula is C6H12N4O2. The van der Waals surface area contributed by atoms with Gasteiger partial charge >= 0.3 is 5.97 Å². The van der Waals surface area contributed by atoms with Crippen LogP contribution in [0.1, 0.15) is 6.42 Å². The van der Waals surface area contributed by atoms with Crippen LogP contribution < -0.4 is 17.2 Å². The van der Waals surface area contributed by atoms with Crippen molar-refractivity contribution in [3.05, 3.63) is 11.8 Å². The normalized spacial score (nSPS) is 10.8. The fourth-order valence-corrected chi connectivity index (χ4v) is 0.501. The van der Waals surface area contributed by atoms with Crippen molar-refractivity contribution >= 4 is 11.9 Å². The van der Waals surface area contributed by atoms with Crippen molar-refractivity contribution in [3.63, 3.8) is 0 Å². The van der Waals surface area contributed by atoms with Gasteiger partial charge in [0.05, 0.1) is 0 Å². The molecule has 0 aromatic carbocycles. The summed E-state index contributed by atoms with van der Waals surface area (Å²) in [6, 6.07) is 0. The molecule has 0 fully saturated rings. The van der Waals surface area contributed by atoms with Gasteiger partial charge in [0.15, 0.2) is 5.96 Å². The molecule has 0 rings (SSSR count). The van der Waals surface area contributed by atoms with E-state index in [0.29, 0.717) is 13.0 Å². The Morgan fingerprint density at radius 3 is 2.42 bits per heavy atom. The number of nitrogens with zero attached hydrogens (tertiary/aromatic N) is 1. The first-order valence-corrected chi connectivity index (χ1v) is 3.28. The molecule has 0 spiro atoms. The number of carbonyl (C=O) groups is 1. The molecule has 6 nitrogen and oxygen atoms in total. The Labute approximate surface area is 69.7 Å². The minimum Gasteiger partial charge on any atom is -0.477 e. The highest BCUT2D eigenvalue weighted by atomic mass is 16.4. The number of aliphatic carboxylic acids is 1. The molecule has 0 atom stereocenters. The fourth-order valence-electron chi connectivity index (χ4n) is 0.501. The monoisotopic (exact) mass is 172 g/mol. The Hall–Kier alpha value is -1.72. The number of nitrogens with two attached hydrogens (primary N) is 3. The highest BCUT2D eigenvalue weighted by Gasteiger charge is 1.97. The number of guanidine groups is 1. The average Bonchev–Trinajstić information content (AvgIpc) is 1.97. The quantitative estimate of drug-likeness (QED) is 0.179. The predicted molar refractivity (Wildman–Crippen MR) is 45.2 cm³/mol. The summed E-state index contributed by atoms with van der Waals surface area (Å²) >= 11 is 0. The van der Waals surface area contributed by atoms with E-state index in [0.717, 1.165) is 0 Å². The molecule has 0 unspecified atom stereocenters. The maximum atomic E-state index is 10.1. The van der Waals surface area contributed by atoms with Crippen molar-refractivity contribution in [3.8, 4) is 0 Å². The largest absolute Gasteiger partial charge is 0.477 e. The zero-order valence-corrected chi connectivity index (χ0v) is 6.53. The van der Waals surface area contributed by atoms with E-state index in [-0.39, 0.29) is 11.7 Å². The third kappa shape index (κ3) is 5.10. The minimum absolute atomic E-state index is 0.0164. The molecule has 0 aromatic heterocycles. The van der Waals surface area contributed by atoms with E-state index in [9.17, 15) is 4.79 Å². The van der Waals surface area contributed by atoms with Crippen molar-refractivity contribution in [2.24, 2.45) is 22.2 Å². The van der Waals surface area contributed by atoms with Gasteiger partial charge in [-0.25, -0.2) is 4.79 Å². The highest BCUT2D eigenvalue weighted by molar-refractivity contribution is 5.85. The third-order valence-electron chi connectivity index (χ3n) is 1.03. The van der Waals surface area contributed by atoms with Crippen molar-refractivity contribution in [1.29, 1.82) is 0 Å². The summed E-state index contributed by atoms with van der Waals surface area (Å²) < 4.78 is 0. The van der Waals surface area contributed by atoms with Crippen LogP contribution in [0.5, 0.6) is 0 Å². The molecule has 0 aromatic rings. The zero-order chi connectivity index (χ0) is 9.56.